The molecule has 2 aliphatic rings. The number of hydrogen-bond acceptors (Lipinski definition) is 5. The summed E-state index contributed by atoms with van der Waals surface area (Å²) in [6.07, 6.45) is 2.57. The molecule has 0 atom stereocenters. The van der Waals surface area contributed by atoms with Gasteiger partial charge >= 0.3 is 5.97 Å². The van der Waals surface area contributed by atoms with E-state index in [1.165, 1.54) is 12.2 Å². The Hall–Kier alpha value is -5.99. The molecule has 198 valence electrons. The van der Waals surface area contributed by atoms with Crippen molar-refractivity contribution in [1.82, 2.24) is 0 Å². The maximum absolute atomic E-state index is 12.2. The number of aromatic carboxylic acids is 1. The average Bonchev–Trinajstić information content (AvgIpc) is 3.36. The van der Waals surface area contributed by atoms with Gasteiger partial charge in [0.15, 0.2) is 0 Å². The van der Waals surface area contributed by atoms with Gasteiger partial charge < -0.3 is 5.11 Å². The summed E-state index contributed by atoms with van der Waals surface area (Å²) in [5.41, 5.74) is 3.17. The Morgan fingerprint density at radius 3 is 1.32 bits per heavy atom. The second-order valence-corrected chi connectivity index (χ2v) is 9.24. The van der Waals surface area contributed by atoms with E-state index < -0.39 is 17.8 Å². The van der Waals surface area contributed by atoms with E-state index >= 15 is 0 Å². The van der Waals surface area contributed by atoms with Crippen LogP contribution < -0.4 is 9.80 Å². The van der Waals surface area contributed by atoms with Gasteiger partial charge in [0, 0.05) is 45.6 Å². The van der Waals surface area contributed by atoms with E-state index in [1.54, 1.807) is 80.6 Å². The van der Waals surface area contributed by atoms with Gasteiger partial charge in [0.05, 0.1) is 16.9 Å². The Kier molecular flexibility index (Phi) is 6.91. The number of carboxylic acid groups (broad SMARTS) is 1. The molecule has 1 N–H and O–H groups in total. The summed E-state index contributed by atoms with van der Waals surface area (Å²) in [7, 11) is 0. The maximum atomic E-state index is 12.2. The first-order chi connectivity index (χ1) is 19.6. The third-order valence-corrected chi connectivity index (χ3v) is 6.41. The van der Waals surface area contributed by atoms with Gasteiger partial charge in [-0.15, -0.1) is 0 Å². The lowest BCUT2D eigenvalue weighted by Crippen LogP contribution is -2.30. The third-order valence-electron chi connectivity index (χ3n) is 6.41. The minimum absolute atomic E-state index is 0.0506. The molecule has 4 amide bonds. The van der Waals surface area contributed by atoms with Crippen molar-refractivity contribution in [2.45, 2.75) is 13.8 Å². The SMILES string of the molecule is CC1=CC(=O)N(c2ccc(C#Cc3cccc(C#Cc4ccc(N5C(=O)C=C(C)C5=O)cc4)c3C(=O)O)cc2)C1=O. The minimum atomic E-state index is -1.19. The van der Waals surface area contributed by atoms with Crippen molar-refractivity contribution in [2.24, 2.45) is 0 Å². The summed E-state index contributed by atoms with van der Waals surface area (Å²) in [5.74, 6) is 8.86. The van der Waals surface area contributed by atoms with Crippen LogP contribution in [0.15, 0.2) is 90.0 Å². The van der Waals surface area contributed by atoms with Gasteiger partial charge in [-0.05, 0) is 74.5 Å². The zero-order valence-corrected chi connectivity index (χ0v) is 21.9. The van der Waals surface area contributed by atoms with Gasteiger partial charge in [-0.1, -0.05) is 29.7 Å². The Morgan fingerprint density at radius 1 is 0.610 bits per heavy atom. The van der Waals surface area contributed by atoms with Gasteiger partial charge in [-0.2, -0.15) is 0 Å². The zero-order chi connectivity index (χ0) is 29.3. The Bertz CT molecular complexity index is 1730. The summed E-state index contributed by atoms with van der Waals surface area (Å²) >= 11 is 0. The number of anilines is 2. The Morgan fingerprint density at radius 2 is 1.00 bits per heavy atom. The molecule has 3 aromatic carbocycles. The highest BCUT2D eigenvalue weighted by atomic mass is 16.4. The zero-order valence-electron chi connectivity index (χ0n) is 21.9. The van der Waals surface area contributed by atoms with Crippen molar-refractivity contribution in [1.29, 1.82) is 0 Å². The second-order valence-electron chi connectivity index (χ2n) is 9.24. The number of hydrogen-bond donors (Lipinski definition) is 1. The van der Waals surface area contributed by atoms with Crippen LogP contribution in [0, 0.1) is 23.7 Å². The number of carboxylic acids is 1. The molecule has 8 nitrogen and oxygen atoms in total. The van der Waals surface area contributed by atoms with Crippen LogP contribution >= 0.6 is 0 Å². The first kappa shape index (κ1) is 26.6. The van der Waals surface area contributed by atoms with E-state index in [1.807, 2.05) is 0 Å². The molecule has 0 unspecified atom stereocenters. The normalized spacial score (nSPS) is 14.3. The number of carbonyl (C=O) groups excluding carboxylic acids is 4. The third kappa shape index (κ3) is 5.18. The van der Waals surface area contributed by atoms with E-state index in [0.29, 0.717) is 33.6 Å². The van der Waals surface area contributed by atoms with Crippen molar-refractivity contribution >= 4 is 41.0 Å². The number of rotatable bonds is 3. The Balaban J connectivity index is 1.37. The van der Waals surface area contributed by atoms with Gasteiger partial charge in [0.25, 0.3) is 23.6 Å². The second kappa shape index (κ2) is 10.6. The maximum Gasteiger partial charge on any atom is 0.338 e. The van der Waals surface area contributed by atoms with Crippen molar-refractivity contribution in [3.63, 3.8) is 0 Å². The first-order valence-electron chi connectivity index (χ1n) is 12.4. The number of amides is 4. The van der Waals surface area contributed by atoms with E-state index in [0.717, 1.165) is 9.80 Å². The highest BCUT2D eigenvalue weighted by molar-refractivity contribution is 6.31. The van der Waals surface area contributed by atoms with Crippen molar-refractivity contribution < 1.29 is 29.1 Å². The van der Waals surface area contributed by atoms with Gasteiger partial charge in [-0.3, -0.25) is 19.2 Å². The van der Waals surface area contributed by atoms with Crippen LogP contribution in [0.1, 0.15) is 46.5 Å². The molecule has 0 bridgehead atoms. The minimum Gasteiger partial charge on any atom is -0.478 e. The summed E-state index contributed by atoms with van der Waals surface area (Å²) in [6, 6.07) is 17.8. The highest BCUT2D eigenvalue weighted by Gasteiger charge is 2.30. The summed E-state index contributed by atoms with van der Waals surface area (Å²) in [4.78, 5) is 62.9. The van der Waals surface area contributed by atoms with Crippen LogP contribution in [-0.4, -0.2) is 34.7 Å². The largest absolute Gasteiger partial charge is 0.478 e. The molecular formula is C33H20N2O6. The standard InChI is InChI=1S/C33H20N2O6/c1-20-18-28(36)34(31(20)38)26-14-8-22(9-15-26)6-12-24-4-3-5-25(30(24)33(40)41)13-7-23-10-16-27(17-11-23)35-29(37)19-21(2)32(35)39/h3-5,8-11,14-19H,1-2H3,(H,40,41). The van der Waals surface area contributed by atoms with Crippen LogP contribution in [0.4, 0.5) is 11.4 Å². The number of nitrogens with zero attached hydrogens (tertiary/aromatic N) is 2. The van der Waals surface area contributed by atoms with E-state index in [9.17, 15) is 29.1 Å². The quantitative estimate of drug-likeness (QED) is 0.399. The molecule has 0 aliphatic carbocycles. The highest BCUT2D eigenvalue weighted by Crippen LogP contribution is 2.24. The van der Waals surface area contributed by atoms with E-state index in [-0.39, 0.29) is 28.5 Å². The molecule has 2 heterocycles. The van der Waals surface area contributed by atoms with Crippen molar-refractivity contribution in [3.8, 4) is 23.7 Å². The number of carbonyl (C=O) groups is 5. The topological polar surface area (TPSA) is 112 Å². The fourth-order valence-corrected chi connectivity index (χ4v) is 4.32. The average molecular weight is 541 g/mol. The van der Waals surface area contributed by atoms with Gasteiger partial charge in [0.2, 0.25) is 0 Å². The summed E-state index contributed by atoms with van der Waals surface area (Å²) in [5, 5.41) is 9.91. The first-order valence-corrected chi connectivity index (χ1v) is 12.4. The van der Waals surface area contributed by atoms with Crippen LogP contribution in [0.3, 0.4) is 0 Å². The molecule has 0 fully saturated rings. The lowest BCUT2D eigenvalue weighted by Gasteiger charge is -2.14. The Labute approximate surface area is 235 Å². The number of benzene rings is 3. The van der Waals surface area contributed by atoms with Crippen molar-refractivity contribution in [2.75, 3.05) is 9.80 Å². The molecule has 5 rings (SSSR count). The molecule has 3 aromatic rings. The molecular weight excluding hydrogens is 520 g/mol. The van der Waals surface area contributed by atoms with Crippen LogP contribution in [0.2, 0.25) is 0 Å². The van der Waals surface area contributed by atoms with Crippen molar-refractivity contribution in [3.05, 3.63) is 118 Å². The van der Waals surface area contributed by atoms with Crippen LogP contribution in [0.25, 0.3) is 0 Å². The molecule has 0 saturated carbocycles. The van der Waals surface area contributed by atoms with E-state index in [2.05, 4.69) is 23.7 Å². The molecule has 0 saturated heterocycles. The van der Waals surface area contributed by atoms with Crippen LogP contribution in [0.5, 0.6) is 0 Å². The fraction of sp³-hybridized carbons (Fsp3) is 0.0606. The lowest BCUT2D eigenvalue weighted by molar-refractivity contribution is -0.121. The van der Waals surface area contributed by atoms with Gasteiger partial charge in [-0.25, -0.2) is 14.6 Å². The van der Waals surface area contributed by atoms with Crippen LogP contribution in [-0.2, 0) is 19.2 Å². The van der Waals surface area contributed by atoms with Gasteiger partial charge in [0.1, 0.15) is 0 Å². The smallest absolute Gasteiger partial charge is 0.338 e. The molecule has 0 spiro atoms. The predicted octanol–water partition coefficient (Wildman–Crippen LogP) is 3.82. The number of imide groups is 2. The monoisotopic (exact) mass is 540 g/mol. The van der Waals surface area contributed by atoms with E-state index in [4.69, 9.17) is 0 Å². The predicted molar refractivity (Wildman–Crippen MR) is 151 cm³/mol. The molecule has 0 radical (unpaired) electrons. The fourth-order valence-electron chi connectivity index (χ4n) is 4.32. The lowest BCUT2D eigenvalue weighted by atomic mass is 10.0. The molecule has 2 aliphatic heterocycles. The molecule has 0 aromatic heterocycles. The molecule has 41 heavy (non-hydrogen) atoms. The molecule has 8 heteroatoms. The summed E-state index contributed by atoms with van der Waals surface area (Å²) in [6.45, 7) is 3.16. The summed E-state index contributed by atoms with van der Waals surface area (Å²) < 4.78 is 0.